The highest BCUT2D eigenvalue weighted by molar-refractivity contribution is 5.34. The first-order valence-corrected chi connectivity index (χ1v) is 7.24. The van der Waals surface area contributed by atoms with Crippen molar-refractivity contribution in [2.24, 2.45) is 5.92 Å². The monoisotopic (exact) mass is 263 g/mol. The van der Waals surface area contributed by atoms with Crippen LogP contribution in [-0.4, -0.2) is 27.7 Å². The number of aromatic amines is 1. The van der Waals surface area contributed by atoms with Crippen molar-refractivity contribution in [1.29, 1.82) is 0 Å². The Hall–Kier alpha value is -1.36. The number of hydrogen-bond acceptors (Lipinski definition) is 4. The fourth-order valence-electron chi connectivity index (χ4n) is 2.72. The molecule has 19 heavy (non-hydrogen) atoms. The zero-order chi connectivity index (χ0) is 13.2. The van der Waals surface area contributed by atoms with Crippen LogP contribution in [0.4, 0.5) is 5.82 Å². The molecule has 5 heteroatoms. The SMILES string of the molecule is O=c1cc(NCC2CCC(O)CC2)nc(C2CC2)[nH]1. The summed E-state index contributed by atoms with van der Waals surface area (Å²) in [6.07, 6.45) is 6.03. The quantitative estimate of drug-likeness (QED) is 0.771. The number of aliphatic hydroxyl groups is 1. The van der Waals surface area contributed by atoms with E-state index in [2.05, 4.69) is 15.3 Å². The fourth-order valence-corrected chi connectivity index (χ4v) is 2.72. The molecule has 3 rings (SSSR count). The largest absolute Gasteiger partial charge is 0.393 e. The molecule has 104 valence electrons. The number of aliphatic hydroxyl groups excluding tert-OH is 1. The number of rotatable bonds is 4. The molecule has 2 aliphatic carbocycles. The Morgan fingerprint density at radius 1 is 1.26 bits per heavy atom. The van der Waals surface area contributed by atoms with Crippen LogP contribution in [0, 0.1) is 5.92 Å². The standard InChI is InChI=1S/C14H21N3O2/c18-11-5-1-9(2-6-11)8-15-12-7-13(19)17-14(16-12)10-3-4-10/h7,9-11,18H,1-6,8H2,(H2,15,16,17,19). The molecule has 1 aromatic heterocycles. The van der Waals surface area contributed by atoms with Gasteiger partial charge in [0, 0.05) is 18.5 Å². The lowest BCUT2D eigenvalue weighted by atomic mass is 9.87. The maximum Gasteiger partial charge on any atom is 0.252 e. The van der Waals surface area contributed by atoms with Gasteiger partial charge in [0.1, 0.15) is 11.6 Å². The summed E-state index contributed by atoms with van der Waals surface area (Å²) >= 11 is 0. The molecule has 1 aromatic rings. The van der Waals surface area contributed by atoms with E-state index in [9.17, 15) is 9.90 Å². The van der Waals surface area contributed by atoms with Crippen LogP contribution in [-0.2, 0) is 0 Å². The van der Waals surface area contributed by atoms with Crippen molar-refractivity contribution < 1.29 is 5.11 Å². The molecule has 0 amide bonds. The lowest BCUT2D eigenvalue weighted by Gasteiger charge is -2.25. The lowest BCUT2D eigenvalue weighted by molar-refractivity contribution is 0.111. The van der Waals surface area contributed by atoms with Crippen molar-refractivity contribution in [2.75, 3.05) is 11.9 Å². The van der Waals surface area contributed by atoms with Gasteiger partial charge in [-0.1, -0.05) is 0 Å². The molecule has 0 bridgehead atoms. The van der Waals surface area contributed by atoms with Crippen LogP contribution < -0.4 is 10.9 Å². The van der Waals surface area contributed by atoms with Gasteiger partial charge in [-0.15, -0.1) is 0 Å². The second-order valence-corrected chi connectivity index (χ2v) is 5.85. The second kappa shape index (κ2) is 5.33. The van der Waals surface area contributed by atoms with Crippen molar-refractivity contribution in [1.82, 2.24) is 9.97 Å². The molecule has 0 radical (unpaired) electrons. The average Bonchev–Trinajstić information content (AvgIpc) is 3.22. The molecule has 0 atom stereocenters. The van der Waals surface area contributed by atoms with E-state index in [1.807, 2.05) is 0 Å². The summed E-state index contributed by atoms with van der Waals surface area (Å²) in [5, 5.41) is 12.8. The summed E-state index contributed by atoms with van der Waals surface area (Å²) in [4.78, 5) is 18.9. The topological polar surface area (TPSA) is 78.0 Å². The van der Waals surface area contributed by atoms with E-state index >= 15 is 0 Å². The van der Waals surface area contributed by atoms with Gasteiger partial charge in [0.2, 0.25) is 0 Å². The van der Waals surface area contributed by atoms with E-state index in [1.165, 1.54) is 6.07 Å². The maximum absolute atomic E-state index is 11.6. The van der Waals surface area contributed by atoms with Crippen molar-refractivity contribution in [3.8, 4) is 0 Å². The molecule has 0 spiro atoms. The summed E-state index contributed by atoms with van der Waals surface area (Å²) < 4.78 is 0. The Morgan fingerprint density at radius 3 is 2.68 bits per heavy atom. The van der Waals surface area contributed by atoms with Crippen molar-refractivity contribution in [3.05, 3.63) is 22.2 Å². The Labute approximate surface area is 112 Å². The number of nitrogens with zero attached hydrogens (tertiary/aromatic N) is 1. The Bertz CT molecular complexity index is 488. The fraction of sp³-hybridized carbons (Fsp3) is 0.714. The Morgan fingerprint density at radius 2 is 2.00 bits per heavy atom. The third-order valence-electron chi connectivity index (χ3n) is 4.11. The second-order valence-electron chi connectivity index (χ2n) is 5.85. The maximum atomic E-state index is 11.6. The number of nitrogens with one attached hydrogen (secondary N) is 2. The van der Waals surface area contributed by atoms with Crippen LogP contribution in [0.2, 0.25) is 0 Å². The molecule has 5 nitrogen and oxygen atoms in total. The first-order valence-electron chi connectivity index (χ1n) is 7.24. The summed E-state index contributed by atoms with van der Waals surface area (Å²) in [6.45, 7) is 0.841. The third kappa shape index (κ3) is 3.35. The van der Waals surface area contributed by atoms with E-state index in [0.29, 0.717) is 17.7 Å². The van der Waals surface area contributed by atoms with Crippen LogP contribution >= 0.6 is 0 Å². The van der Waals surface area contributed by atoms with E-state index in [1.54, 1.807) is 0 Å². The summed E-state index contributed by atoms with van der Waals surface area (Å²) in [6, 6.07) is 1.53. The third-order valence-corrected chi connectivity index (χ3v) is 4.11. The summed E-state index contributed by atoms with van der Waals surface area (Å²) in [7, 11) is 0. The first-order chi connectivity index (χ1) is 9.20. The van der Waals surface area contributed by atoms with E-state index in [0.717, 1.165) is 50.9 Å². The van der Waals surface area contributed by atoms with Gasteiger partial charge < -0.3 is 15.4 Å². The van der Waals surface area contributed by atoms with Gasteiger partial charge in [0.15, 0.2) is 0 Å². The minimum atomic E-state index is -0.115. The first kappa shape index (κ1) is 12.7. The van der Waals surface area contributed by atoms with Crippen LogP contribution in [0.15, 0.2) is 10.9 Å². The molecule has 2 fully saturated rings. The highest BCUT2D eigenvalue weighted by Crippen LogP contribution is 2.37. The van der Waals surface area contributed by atoms with E-state index in [4.69, 9.17) is 0 Å². The normalized spacial score (nSPS) is 27.2. The number of H-pyrrole nitrogens is 1. The summed E-state index contributed by atoms with van der Waals surface area (Å²) in [5.74, 6) is 2.55. The highest BCUT2D eigenvalue weighted by Gasteiger charge is 2.26. The molecular formula is C14H21N3O2. The lowest BCUT2D eigenvalue weighted by Crippen LogP contribution is -2.24. The van der Waals surface area contributed by atoms with Crippen molar-refractivity contribution >= 4 is 5.82 Å². The molecule has 1 heterocycles. The van der Waals surface area contributed by atoms with Crippen LogP contribution in [0.25, 0.3) is 0 Å². The van der Waals surface area contributed by atoms with Crippen molar-refractivity contribution in [2.45, 2.75) is 50.5 Å². The highest BCUT2D eigenvalue weighted by atomic mass is 16.3. The summed E-state index contributed by atoms with van der Waals surface area (Å²) in [5.41, 5.74) is -0.0709. The van der Waals surface area contributed by atoms with Crippen LogP contribution in [0.3, 0.4) is 0 Å². The zero-order valence-electron chi connectivity index (χ0n) is 11.1. The Kier molecular flexibility index (Phi) is 3.55. The predicted octanol–water partition coefficient (Wildman–Crippen LogP) is 1.61. The smallest absolute Gasteiger partial charge is 0.252 e. The minimum absolute atomic E-state index is 0.0709. The van der Waals surface area contributed by atoms with Crippen LogP contribution in [0.1, 0.15) is 50.3 Å². The molecule has 2 aliphatic rings. The van der Waals surface area contributed by atoms with Gasteiger partial charge in [-0.25, -0.2) is 4.98 Å². The van der Waals surface area contributed by atoms with Gasteiger partial charge in [-0.05, 0) is 44.4 Å². The van der Waals surface area contributed by atoms with Gasteiger partial charge in [-0.2, -0.15) is 0 Å². The average molecular weight is 263 g/mol. The molecule has 0 aromatic carbocycles. The molecular weight excluding hydrogens is 242 g/mol. The van der Waals surface area contributed by atoms with Gasteiger partial charge >= 0.3 is 0 Å². The van der Waals surface area contributed by atoms with Gasteiger partial charge in [0.05, 0.1) is 6.10 Å². The number of anilines is 1. The van der Waals surface area contributed by atoms with Crippen LogP contribution in [0.5, 0.6) is 0 Å². The minimum Gasteiger partial charge on any atom is -0.393 e. The molecule has 3 N–H and O–H groups in total. The molecule has 0 saturated heterocycles. The Balaban J connectivity index is 1.58. The van der Waals surface area contributed by atoms with E-state index < -0.39 is 0 Å². The number of aromatic nitrogens is 2. The van der Waals surface area contributed by atoms with Gasteiger partial charge in [-0.3, -0.25) is 4.79 Å². The number of hydrogen-bond donors (Lipinski definition) is 3. The molecule has 2 saturated carbocycles. The molecule has 0 aliphatic heterocycles. The zero-order valence-corrected chi connectivity index (χ0v) is 11.1. The molecule has 0 unspecified atom stereocenters. The van der Waals surface area contributed by atoms with Gasteiger partial charge in [0.25, 0.3) is 5.56 Å². The van der Waals surface area contributed by atoms with E-state index in [-0.39, 0.29) is 11.7 Å². The van der Waals surface area contributed by atoms with Crippen molar-refractivity contribution in [3.63, 3.8) is 0 Å². The predicted molar refractivity (Wildman–Crippen MR) is 73.3 cm³/mol.